The van der Waals surface area contributed by atoms with Crippen LogP contribution in [0, 0.1) is 0 Å². The summed E-state index contributed by atoms with van der Waals surface area (Å²) in [4.78, 5) is 26.3. The Labute approximate surface area is 181 Å². The van der Waals surface area contributed by atoms with Crippen LogP contribution in [0.2, 0.25) is 10.0 Å². The van der Waals surface area contributed by atoms with Crippen molar-refractivity contribution in [2.45, 2.75) is 5.72 Å². The van der Waals surface area contributed by atoms with Gasteiger partial charge in [-0.25, -0.2) is 0 Å². The maximum absolute atomic E-state index is 13.4. The van der Waals surface area contributed by atoms with Crippen molar-refractivity contribution in [2.24, 2.45) is 0 Å². The van der Waals surface area contributed by atoms with Gasteiger partial charge in [0.05, 0.1) is 16.4 Å². The molecule has 2 amide bonds. The van der Waals surface area contributed by atoms with Crippen molar-refractivity contribution in [3.8, 4) is 5.75 Å². The van der Waals surface area contributed by atoms with Crippen molar-refractivity contribution in [1.82, 2.24) is 0 Å². The summed E-state index contributed by atoms with van der Waals surface area (Å²) in [6.07, 6.45) is 0. The molecule has 3 aromatic rings. The minimum absolute atomic E-state index is 0.0812. The van der Waals surface area contributed by atoms with Crippen LogP contribution in [0.25, 0.3) is 0 Å². The van der Waals surface area contributed by atoms with Gasteiger partial charge in [-0.2, -0.15) is 0 Å². The maximum atomic E-state index is 13.4. The summed E-state index contributed by atoms with van der Waals surface area (Å²) in [5, 5.41) is 15.4. The monoisotopic (exact) mass is 440 g/mol. The lowest BCUT2D eigenvalue weighted by Crippen LogP contribution is -2.45. The SMILES string of the molecule is O=C1COc2ccc(C3(O)c4ccccc4C(=O)N3c3cc(Cl)ccc3Cl)cc2N1. The Morgan fingerprint density at radius 1 is 1.03 bits per heavy atom. The number of hydrogen-bond acceptors (Lipinski definition) is 4. The minimum atomic E-state index is -1.88. The number of halogens is 2. The van der Waals surface area contributed by atoms with E-state index in [1.54, 1.807) is 54.6 Å². The van der Waals surface area contributed by atoms with Gasteiger partial charge in [0.15, 0.2) is 12.3 Å². The van der Waals surface area contributed by atoms with E-state index in [-0.39, 0.29) is 23.2 Å². The maximum Gasteiger partial charge on any atom is 0.262 e. The number of fused-ring (bicyclic) bond motifs is 2. The molecule has 2 aliphatic heterocycles. The van der Waals surface area contributed by atoms with Gasteiger partial charge in [-0.1, -0.05) is 41.4 Å². The molecule has 30 heavy (non-hydrogen) atoms. The number of amides is 2. The second-order valence-electron chi connectivity index (χ2n) is 7.00. The second-order valence-corrected chi connectivity index (χ2v) is 7.85. The summed E-state index contributed by atoms with van der Waals surface area (Å²) < 4.78 is 5.41. The van der Waals surface area contributed by atoms with Crippen LogP contribution in [-0.4, -0.2) is 23.5 Å². The lowest BCUT2D eigenvalue weighted by Gasteiger charge is -2.36. The van der Waals surface area contributed by atoms with Crippen molar-refractivity contribution in [2.75, 3.05) is 16.8 Å². The zero-order valence-electron chi connectivity index (χ0n) is 15.4. The van der Waals surface area contributed by atoms with Crippen LogP contribution < -0.4 is 15.0 Å². The molecule has 1 atom stereocenters. The van der Waals surface area contributed by atoms with Gasteiger partial charge in [-0.15, -0.1) is 0 Å². The van der Waals surface area contributed by atoms with Gasteiger partial charge in [-0.3, -0.25) is 14.5 Å². The molecule has 0 saturated heterocycles. The van der Waals surface area contributed by atoms with Gasteiger partial charge in [-0.05, 0) is 42.5 Å². The third-order valence-electron chi connectivity index (χ3n) is 5.22. The molecule has 3 aromatic carbocycles. The Kier molecular flexibility index (Phi) is 4.25. The largest absolute Gasteiger partial charge is 0.482 e. The number of rotatable bonds is 2. The number of aliphatic hydroxyl groups is 1. The number of carbonyl (C=O) groups excluding carboxylic acids is 2. The fraction of sp³-hybridized carbons (Fsp3) is 0.0909. The normalized spacial score (nSPS) is 19.8. The van der Waals surface area contributed by atoms with Crippen molar-refractivity contribution < 1.29 is 19.4 Å². The van der Waals surface area contributed by atoms with Crippen molar-refractivity contribution in [3.63, 3.8) is 0 Å². The van der Waals surface area contributed by atoms with Gasteiger partial charge in [0.2, 0.25) is 0 Å². The molecule has 0 fully saturated rings. The molecule has 1 unspecified atom stereocenters. The van der Waals surface area contributed by atoms with E-state index in [4.69, 9.17) is 27.9 Å². The average molecular weight is 441 g/mol. The van der Waals surface area contributed by atoms with E-state index in [2.05, 4.69) is 5.32 Å². The van der Waals surface area contributed by atoms with Crippen LogP contribution in [0.3, 0.4) is 0 Å². The van der Waals surface area contributed by atoms with Crippen LogP contribution in [0.5, 0.6) is 5.75 Å². The number of anilines is 2. The average Bonchev–Trinajstić information content (AvgIpc) is 2.97. The first-order valence-corrected chi connectivity index (χ1v) is 9.84. The number of carbonyl (C=O) groups is 2. The van der Waals surface area contributed by atoms with E-state index >= 15 is 0 Å². The van der Waals surface area contributed by atoms with Crippen LogP contribution in [0.15, 0.2) is 60.7 Å². The van der Waals surface area contributed by atoms with Crippen molar-refractivity contribution in [3.05, 3.63) is 87.4 Å². The van der Waals surface area contributed by atoms with Crippen LogP contribution in [0.1, 0.15) is 21.5 Å². The number of ether oxygens (including phenoxy) is 1. The molecule has 0 saturated carbocycles. The summed E-state index contributed by atoms with van der Waals surface area (Å²) in [5.41, 5.74) is -0.0966. The predicted octanol–water partition coefficient (Wildman–Crippen LogP) is 4.18. The second kappa shape index (κ2) is 6.74. The smallest absolute Gasteiger partial charge is 0.262 e. The van der Waals surface area contributed by atoms with E-state index in [1.165, 1.54) is 11.0 Å². The fourth-order valence-electron chi connectivity index (χ4n) is 3.89. The molecule has 6 nitrogen and oxygen atoms in total. The molecule has 8 heteroatoms. The quantitative estimate of drug-likeness (QED) is 0.626. The Balaban J connectivity index is 1.76. The number of benzene rings is 3. The van der Waals surface area contributed by atoms with E-state index in [0.717, 1.165) is 0 Å². The molecule has 0 radical (unpaired) electrons. The molecule has 0 aliphatic carbocycles. The zero-order chi connectivity index (χ0) is 21.0. The van der Waals surface area contributed by atoms with Crippen LogP contribution >= 0.6 is 23.2 Å². The highest BCUT2D eigenvalue weighted by Crippen LogP contribution is 2.48. The molecule has 0 bridgehead atoms. The van der Waals surface area contributed by atoms with E-state index < -0.39 is 11.6 Å². The van der Waals surface area contributed by atoms with Crippen molar-refractivity contribution >= 4 is 46.4 Å². The van der Waals surface area contributed by atoms with Gasteiger partial charge < -0.3 is 15.2 Å². The van der Waals surface area contributed by atoms with Gasteiger partial charge >= 0.3 is 0 Å². The van der Waals surface area contributed by atoms with E-state index in [1.807, 2.05) is 0 Å². The summed E-state index contributed by atoms with van der Waals surface area (Å²) >= 11 is 12.6. The fourth-order valence-corrected chi connectivity index (χ4v) is 4.26. The molecule has 5 rings (SSSR count). The Morgan fingerprint density at radius 3 is 2.67 bits per heavy atom. The highest BCUT2D eigenvalue weighted by molar-refractivity contribution is 6.36. The standard InChI is InChI=1S/C22H14Cl2N2O4/c23-13-6-7-16(24)18(10-13)26-21(28)14-3-1-2-4-15(14)22(26,29)12-5-8-19-17(9-12)25-20(27)11-30-19/h1-10,29H,11H2,(H,25,27). The van der Waals surface area contributed by atoms with Gasteiger partial charge in [0.25, 0.3) is 11.8 Å². The lowest BCUT2D eigenvalue weighted by molar-refractivity contribution is -0.118. The first-order chi connectivity index (χ1) is 14.4. The summed E-state index contributed by atoms with van der Waals surface area (Å²) in [6, 6.07) is 16.4. The van der Waals surface area contributed by atoms with Gasteiger partial charge in [0, 0.05) is 21.7 Å². The third kappa shape index (κ3) is 2.69. The first-order valence-electron chi connectivity index (χ1n) is 9.08. The van der Waals surface area contributed by atoms with Crippen LogP contribution in [-0.2, 0) is 10.5 Å². The molecule has 2 heterocycles. The highest BCUT2D eigenvalue weighted by atomic mass is 35.5. The number of nitrogens with zero attached hydrogens (tertiary/aromatic N) is 1. The first kappa shape index (κ1) is 18.9. The Hall–Kier alpha value is -3.06. The summed E-state index contributed by atoms with van der Waals surface area (Å²) in [5.74, 6) is -0.244. The molecular weight excluding hydrogens is 427 g/mol. The number of nitrogens with one attached hydrogen (secondary N) is 1. The predicted molar refractivity (Wildman–Crippen MR) is 113 cm³/mol. The Bertz CT molecular complexity index is 1230. The van der Waals surface area contributed by atoms with Crippen molar-refractivity contribution in [1.29, 1.82) is 0 Å². The number of hydrogen-bond donors (Lipinski definition) is 2. The van der Waals surface area contributed by atoms with Crippen LogP contribution in [0.4, 0.5) is 11.4 Å². The molecule has 0 aromatic heterocycles. The van der Waals surface area contributed by atoms with E-state index in [9.17, 15) is 14.7 Å². The molecule has 2 aliphatic rings. The van der Waals surface area contributed by atoms with Gasteiger partial charge in [0.1, 0.15) is 5.75 Å². The zero-order valence-corrected chi connectivity index (χ0v) is 16.9. The summed E-state index contributed by atoms with van der Waals surface area (Å²) in [7, 11) is 0. The molecule has 0 spiro atoms. The molecule has 150 valence electrons. The molecule has 2 N–H and O–H groups in total. The minimum Gasteiger partial charge on any atom is -0.482 e. The topological polar surface area (TPSA) is 78.9 Å². The lowest BCUT2D eigenvalue weighted by atomic mass is 9.93. The Morgan fingerprint density at radius 2 is 1.83 bits per heavy atom. The molecular formula is C22H14Cl2N2O4. The summed E-state index contributed by atoms with van der Waals surface area (Å²) in [6.45, 7) is -0.0812. The highest BCUT2D eigenvalue weighted by Gasteiger charge is 2.51. The third-order valence-corrected chi connectivity index (χ3v) is 5.78. The van der Waals surface area contributed by atoms with E-state index in [0.29, 0.717) is 33.1 Å².